The third-order valence-electron chi connectivity index (χ3n) is 16.8. The first kappa shape index (κ1) is 73.3. The van der Waals surface area contributed by atoms with Crippen molar-refractivity contribution >= 4 is 5.91 Å². The summed E-state index contributed by atoms with van der Waals surface area (Å²) >= 11 is 0. The van der Waals surface area contributed by atoms with Crippen molar-refractivity contribution < 1.29 is 25.2 Å². The Morgan fingerprint density at radius 2 is 0.459 bits per heavy atom. The monoisotopic (exact) mass is 1050 g/mol. The Kier molecular flexibility index (Phi) is 62.6. The first-order valence-electron chi connectivity index (χ1n) is 34.4. The zero-order chi connectivity index (χ0) is 53.7. The van der Waals surface area contributed by atoms with E-state index < -0.39 is 36.9 Å². The van der Waals surface area contributed by atoms with Gasteiger partial charge in [-0.2, -0.15) is 0 Å². The zero-order valence-electron chi connectivity index (χ0n) is 50.6. The van der Waals surface area contributed by atoms with E-state index in [9.17, 15) is 25.2 Å². The highest BCUT2D eigenvalue weighted by atomic mass is 16.3. The maximum Gasteiger partial charge on any atom is 0.249 e. The van der Waals surface area contributed by atoms with Gasteiger partial charge in [-0.05, 0) is 12.8 Å². The van der Waals surface area contributed by atoms with Crippen LogP contribution in [0.4, 0.5) is 0 Å². The Morgan fingerprint density at radius 1 is 0.284 bits per heavy atom. The summed E-state index contributed by atoms with van der Waals surface area (Å²) in [6, 6.07) is -0.982. The molecule has 5 N–H and O–H groups in total. The summed E-state index contributed by atoms with van der Waals surface area (Å²) in [5.41, 5.74) is 0. The van der Waals surface area contributed by atoms with Crippen LogP contribution in [0.5, 0.6) is 0 Å². The fourth-order valence-electron chi connectivity index (χ4n) is 11.5. The van der Waals surface area contributed by atoms with E-state index in [1.54, 1.807) is 0 Å². The quantitative estimate of drug-likeness (QED) is 0.0390. The molecule has 4 atom stereocenters. The van der Waals surface area contributed by atoms with Gasteiger partial charge in [-0.25, -0.2) is 0 Å². The molecule has 0 aliphatic heterocycles. The number of carbonyl (C=O) groups is 1. The molecule has 0 aliphatic rings. The molecule has 0 aliphatic carbocycles. The smallest absolute Gasteiger partial charge is 0.249 e. The van der Waals surface area contributed by atoms with E-state index >= 15 is 0 Å². The Morgan fingerprint density at radius 3 is 0.649 bits per heavy atom. The number of amides is 1. The maximum absolute atomic E-state index is 12.7. The first-order valence-corrected chi connectivity index (χ1v) is 34.4. The first-order chi connectivity index (χ1) is 36.5. The molecule has 1 amide bonds. The van der Waals surface area contributed by atoms with Gasteiger partial charge in [0.05, 0.1) is 18.8 Å². The number of unbranched alkanes of at least 4 members (excludes halogenated alkanes) is 56. The predicted octanol–water partition coefficient (Wildman–Crippen LogP) is 21.0. The van der Waals surface area contributed by atoms with Crippen LogP contribution < -0.4 is 5.32 Å². The van der Waals surface area contributed by atoms with Crippen molar-refractivity contribution in [2.24, 2.45) is 0 Å². The molecule has 0 radical (unpaired) electrons. The summed E-state index contributed by atoms with van der Waals surface area (Å²) in [4.78, 5) is 12.7. The molecule has 4 unspecified atom stereocenters. The van der Waals surface area contributed by atoms with Gasteiger partial charge >= 0.3 is 0 Å². The van der Waals surface area contributed by atoms with E-state index in [2.05, 4.69) is 19.2 Å². The number of aliphatic hydroxyl groups excluding tert-OH is 4. The number of hydrogen-bond acceptors (Lipinski definition) is 5. The lowest BCUT2D eigenvalue weighted by Crippen LogP contribution is -2.53. The number of rotatable bonds is 65. The third kappa shape index (κ3) is 56.0. The summed E-state index contributed by atoms with van der Waals surface area (Å²) < 4.78 is 0. The Balaban J connectivity index is 3.51. The SMILES string of the molecule is CCCCCCCCCCCCCCCCCCCCCCCCCCCCCCCC(O)C(=O)NC(CO)C(O)C(O)CCCCCCCCCCCCCCCCCCCCCCCCCCCCCCC. The fourth-order valence-corrected chi connectivity index (χ4v) is 11.5. The largest absolute Gasteiger partial charge is 0.394 e. The molecule has 6 heteroatoms. The second kappa shape index (κ2) is 63.1. The van der Waals surface area contributed by atoms with Crippen molar-refractivity contribution in [2.75, 3.05) is 6.61 Å². The lowest BCUT2D eigenvalue weighted by Gasteiger charge is -2.27. The second-order valence-electron chi connectivity index (χ2n) is 24.2. The minimum absolute atomic E-state index is 0.377. The van der Waals surface area contributed by atoms with E-state index in [1.807, 2.05) is 0 Å². The summed E-state index contributed by atoms with van der Waals surface area (Å²) in [7, 11) is 0. The molecule has 444 valence electrons. The summed E-state index contributed by atoms with van der Waals surface area (Å²) in [5.74, 6) is -0.573. The number of aliphatic hydroxyl groups is 4. The lowest BCUT2D eigenvalue weighted by molar-refractivity contribution is -0.132. The Hall–Kier alpha value is -0.690. The van der Waals surface area contributed by atoms with Gasteiger partial charge in [0.2, 0.25) is 5.91 Å². The molecule has 74 heavy (non-hydrogen) atoms. The van der Waals surface area contributed by atoms with E-state index in [4.69, 9.17) is 0 Å². The van der Waals surface area contributed by atoms with E-state index in [0.29, 0.717) is 12.8 Å². The normalized spacial score (nSPS) is 13.4. The van der Waals surface area contributed by atoms with E-state index in [1.165, 1.54) is 334 Å². The Labute approximate surface area is 464 Å². The highest BCUT2D eigenvalue weighted by molar-refractivity contribution is 5.80. The van der Waals surface area contributed by atoms with E-state index in [0.717, 1.165) is 38.5 Å². The topological polar surface area (TPSA) is 110 Å². The molecule has 0 rings (SSSR count). The number of hydrogen-bond donors (Lipinski definition) is 5. The van der Waals surface area contributed by atoms with Crippen LogP contribution in [0.25, 0.3) is 0 Å². The van der Waals surface area contributed by atoms with Crippen LogP contribution in [0, 0.1) is 0 Å². The van der Waals surface area contributed by atoms with Crippen LogP contribution in [0.3, 0.4) is 0 Å². The van der Waals surface area contributed by atoms with Crippen LogP contribution >= 0.6 is 0 Å². The highest BCUT2D eigenvalue weighted by Gasteiger charge is 2.28. The van der Waals surface area contributed by atoms with Crippen LogP contribution in [0.15, 0.2) is 0 Å². The van der Waals surface area contributed by atoms with Gasteiger partial charge in [-0.1, -0.05) is 386 Å². The van der Waals surface area contributed by atoms with Crippen LogP contribution in [0.2, 0.25) is 0 Å². The van der Waals surface area contributed by atoms with Crippen molar-refractivity contribution in [3.63, 3.8) is 0 Å². The molecule has 0 aromatic heterocycles. The van der Waals surface area contributed by atoms with Gasteiger partial charge in [0, 0.05) is 0 Å². The molecule has 0 saturated carbocycles. The van der Waals surface area contributed by atoms with Crippen LogP contribution in [-0.2, 0) is 4.79 Å². The van der Waals surface area contributed by atoms with Gasteiger partial charge in [0.1, 0.15) is 12.2 Å². The molecule has 0 fully saturated rings. The standard InChI is InChI=1S/C68H137NO5/c1-3-5-7-9-11-13-15-17-19-21-23-25-27-29-31-33-35-37-39-41-43-45-47-49-51-53-55-57-59-61-65(71)67(73)64(63-70)69-68(74)66(72)62-60-58-56-54-52-50-48-46-44-42-40-38-36-34-32-30-28-26-24-22-20-18-16-14-12-10-8-6-4-2/h64-67,70-73H,3-63H2,1-2H3,(H,69,74). The van der Waals surface area contributed by atoms with Gasteiger partial charge in [0.25, 0.3) is 0 Å². The molecule has 0 saturated heterocycles. The molecule has 0 bridgehead atoms. The zero-order valence-corrected chi connectivity index (χ0v) is 50.6. The van der Waals surface area contributed by atoms with Gasteiger partial charge in [-0.3, -0.25) is 4.79 Å². The minimum Gasteiger partial charge on any atom is -0.394 e. The molecule has 0 aromatic carbocycles. The second-order valence-corrected chi connectivity index (χ2v) is 24.2. The molecular formula is C68H137NO5. The average molecular weight is 1050 g/mol. The van der Waals surface area contributed by atoms with Crippen LogP contribution in [-0.4, -0.2) is 57.3 Å². The van der Waals surface area contributed by atoms with Crippen molar-refractivity contribution in [3.05, 3.63) is 0 Å². The highest BCUT2D eigenvalue weighted by Crippen LogP contribution is 2.20. The number of carbonyl (C=O) groups excluding carboxylic acids is 1. The third-order valence-corrected chi connectivity index (χ3v) is 16.8. The molecule has 0 heterocycles. The van der Waals surface area contributed by atoms with Crippen molar-refractivity contribution in [1.29, 1.82) is 0 Å². The predicted molar refractivity (Wildman–Crippen MR) is 325 cm³/mol. The van der Waals surface area contributed by atoms with Gasteiger partial charge < -0.3 is 25.7 Å². The van der Waals surface area contributed by atoms with Crippen LogP contribution in [0.1, 0.15) is 399 Å². The average Bonchev–Trinajstić information content (AvgIpc) is 3.41. The summed E-state index contributed by atoms with van der Waals surface area (Å²) in [5, 5.41) is 44.3. The minimum atomic E-state index is -1.26. The van der Waals surface area contributed by atoms with Crippen molar-refractivity contribution in [2.45, 2.75) is 423 Å². The molecule has 6 nitrogen and oxygen atoms in total. The van der Waals surface area contributed by atoms with Crippen molar-refractivity contribution in [1.82, 2.24) is 5.32 Å². The summed E-state index contributed by atoms with van der Waals surface area (Å²) in [6.07, 6.45) is 76.5. The maximum atomic E-state index is 12.7. The van der Waals surface area contributed by atoms with E-state index in [-0.39, 0.29) is 0 Å². The molecule has 0 spiro atoms. The van der Waals surface area contributed by atoms with Gasteiger partial charge in [0.15, 0.2) is 0 Å². The van der Waals surface area contributed by atoms with Crippen molar-refractivity contribution in [3.8, 4) is 0 Å². The number of nitrogens with one attached hydrogen (secondary N) is 1. The molecule has 0 aromatic rings. The molecular weight excluding hydrogens is 911 g/mol. The van der Waals surface area contributed by atoms with Gasteiger partial charge in [-0.15, -0.1) is 0 Å². The summed E-state index contributed by atoms with van der Waals surface area (Å²) in [6.45, 7) is 4.12. The fraction of sp³-hybridized carbons (Fsp3) is 0.985. The lowest BCUT2D eigenvalue weighted by atomic mass is 9.99. The Bertz CT molecular complexity index is 1040.